The molecular formula is C20H25N5O2. The third-order valence-corrected chi connectivity index (χ3v) is 5.15. The molecule has 1 saturated heterocycles. The molecule has 0 aliphatic carbocycles. The highest BCUT2D eigenvalue weighted by Gasteiger charge is 2.28. The minimum atomic E-state index is 0.128. The van der Waals surface area contributed by atoms with Crippen LogP contribution in [0.5, 0.6) is 5.75 Å². The Bertz CT molecular complexity index is 854. The van der Waals surface area contributed by atoms with E-state index in [-0.39, 0.29) is 5.91 Å². The zero-order chi connectivity index (χ0) is 18.8. The molecule has 142 valence electrons. The number of amides is 1. The summed E-state index contributed by atoms with van der Waals surface area (Å²) in [7, 11) is 1.66. The molecular weight excluding hydrogens is 342 g/mol. The van der Waals surface area contributed by atoms with Crippen LogP contribution in [0.15, 0.2) is 24.3 Å². The highest BCUT2D eigenvalue weighted by molar-refractivity contribution is 5.82. The Balaban J connectivity index is 1.49. The summed E-state index contributed by atoms with van der Waals surface area (Å²) < 4.78 is 5.28. The summed E-state index contributed by atoms with van der Waals surface area (Å²) >= 11 is 0. The van der Waals surface area contributed by atoms with Crippen molar-refractivity contribution < 1.29 is 9.53 Å². The third-order valence-electron chi connectivity index (χ3n) is 5.15. The van der Waals surface area contributed by atoms with Crippen molar-refractivity contribution in [3.63, 3.8) is 0 Å². The zero-order valence-corrected chi connectivity index (χ0v) is 15.9. The second-order valence-corrected chi connectivity index (χ2v) is 7.03. The van der Waals surface area contributed by atoms with Crippen LogP contribution >= 0.6 is 0 Å². The number of carbonyl (C=O) groups excluding carboxylic acids is 1. The average Bonchev–Trinajstić information content (AvgIpc) is 2.69. The lowest BCUT2D eigenvalue weighted by Gasteiger charge is -2.36. The van der Waals surface area contributed by atoms with Crippen molar-refractivity contribution >= 4 is 11.7 Å². The van der Waals surface area contributed by atoms with E-state index >= 15 is 0 Å². The van der Waals surface area contributed by atoms with Gasteiger partial charge in [-0.15, -0.1) is 0 Å². The first kappa shape index (κ1) is 17.7. The van der Waals surface area contributed by atoms with Gasteiger partial charge >= 0.3 is 0 Å². The van der Waals surface area contributed by atoms with Gasteiger partial charge in [0.25, 0.3) is 0 Å². The number of methoxy groups -OCH3 is 1. The predicted molar refractivity (Wildman–Crippen MR) is 103 cm³/mol. The maximum Gasteiger partial charge on any atom is 0.242 e. The maximum absolute atomic E-state index is 12.8. The van der Waals surface area contributed by atoms with Gasteiger partial charge in [0.2, 0.25) is 5.91 Å². The Morgan fingerprint density at radius 2 is 2.15 bits per heavy atom. The number of carbonyl (C=O) groups is 1. The molecule has 1 amide bonds. The van der Waals surface area contributed by atoms with Crippen LogP contribution in [0.3, 0.4) is 0 Å². The van der Waals surface area contributed by atoms with Gasteiger partial charge < -0.3 is 19.9 Å². The van der Waals surface area contributed by atoms with Crippen molar-refractivity contribution in [3.05, 3.63) is 46.9 Å². The molecule has 4 rings (SSSR count). The van der Waals surface area contributed by atoms with Crippen molar-refractivity contribution in [3.8, 4) is 5.75 Å². The molecule has 1 N–H and O–H groups in total. The first-order chi connectivity index (χ1) is 13.1. The van der Waals surface area contributed by atoms with E-state index in [1.807, 2.05) is 36.1 Å². The molecule has 1 fully saturated rings. The molecule has 0 bridgehead atoms. The second-order valence-electron chi connectivity index (χ2n) is 7.03. The van der Waals surface area contributed by atoms with E-state index in [1.54, 1.807) is 7.11 Å². The van der Waals surface area contributed by atoms with E-state index in [4.69, 9.17) is 4.74 Å². The van der Waals surface area contributed by atoms with Gasteiger partial charge in [0.05, 0.1) is 19.3 Å². The normalized spacial score (nSPS) is 17.0. The van der Waals surface area contributed by atoms with E-state index in [0.717, 1.165) is 54.7 Å². The summed E-state index contributed by atoms with van der Waals surface area (Å²) in [5.74, 6) is 2.64. The molecule has 2 aliphatic heterocycles. The van der Waals surface area contributed by atoms with Crippen LogP contribution in [-0.2, 0) is 24.3 Å². The fourth-order valence-corrected chi connectivity index (χ4v) is 3.77. The maximum atomic E-state index is 12.8. The number of fused-ring (bicyclic) bond motifs is 1. The number of benzene rings is 1. The SMILES string of the molecule is COc1cccc(CN2CCN(c3nc(C)nc4c3CCNC4)CC2=O)c1. The number of nitrogens with one attached hydrogen (secondary N) is 1. The molecule has 7 heteroatoms. The van der Waals surface area contributed by atoms with E-state index in [1.165, 1.54) is 5.56 Å². The van der Waals surface area contributed by atoms with E-state index in [0.29, 0.717) is 19.6 Å². The first-order valence-electron chi connectivity index (χ1n) is 9.37. The van der Waals surface area contributed by atoms with Gasteiger partial charge in [-0.3, -0.25) is 4.79 Å². The lowest BCUT2D eigenvalue weighted by Crippen LogP contribution is -2.50. The molecule has 1 aromatic heterocycles. The number of aromatic nitrogens is 2. The van der Waals surface area contributed by atoms with Gasteiger partial charge in [0.15, 0.2) is 0 Å². The van der Waals surface area contributed by atoms with E-state index in [9.17, 15) is 4.79 Å². The van der Waals surface area contributed by atoms with Crippen LogP contribution < -0.4 is 15.0 Å². The van der Waals surface area contributed by atoms with Crippen LogP contribution in [0.1, 0.15) is 22.6 Å². The molecule has 0 atom stereocenters. The lowest BCUT2D eigenvalue weighted by atomic mass is 10.1. The van der Waals surface area contributed by atoms with Crippen molar-refractivity contribution in [2.45, 2.75) is 26.4 Å². The quantitative estimate of drug-likeness (QED) is 0.878. The monoisotopic (exact) mass is 367 g/mol. The molecule has 0 spiro atoms. The summed E-state index contributed by atoms with van der Waals surface area (Å²) in [5, 5.41) is 3.36. The van der Waals surface area contributed by atoms with Crippen molar-refractivity contribution in [2.24, 2.45) is 0 Å². The van der Waals surface area contributed by atoms with Gasteiger partial charge in [-0.25, -0.2) is 9.97 Å². The molecule has 2 aromatic rings. The number of rotatable bonds is 4. The topological polar surface area (TPSA) is 70.6 Å². The molecule has 27 heavy (non-hydrogen) atoms. The number of hydrogen-bond donors (Lipinski definition) is 1. The summed E-state index contributed by atoms with van der Waals surface area (Å²) in [4.78, 5) is 26.1. The molecule has 1 aromatic carbocycles. The Morgan fingerprint density at radius 3 is 2.96 bits per heavy atom. The smallest absolute Gasteiger partial charge is 0.242 e. The molecule has 3 heterocycles. The fraction of sp³-hybridized carbons (Fsp3) is 0.450. The highest BCUT2D eigenvalue weighted by Crippen LogP contribution is 2.25. The number of piperazine rings is 1. The van der Waals surface area contributed by atoms with Crippen LogP contribution in [-0.4, -0.2) is 54.1 Å². The standard InChI is InChI=1S/C20H25N5O2/c1-14-22-18-11-21-7-6-17(18)20(23-14)25-9-8-24(19(26)13-25)12-15-4-3-5-16(10-15)27-2/h3-5,10,21H,6-9,11-13H2,1-2H3. The van der Waals surface area contributed by atoms with Gasteiger partial charge in [0, 0.05) is 31.7 Å². The van der Waals surface area contributed by atoms with Crippen LogP contribution in [0.2, 0.25) is 0 Å². The molecule has 0 radical (unpaired) electrons. The van der Waals surface area contributed by atoms with E-state index in [2.05, 4.69) is 20.2 Å². The average molecular weight is 367 g/mol. The number of nitrogens with zero attached hydrogens (tertiary/aromatic N) is 4. The second kappa shape index (κ2) is 7.52. The summed E-state index contributed by atoms with van der Waals surface area (Å²) in [5.41, 5.74) is 3.33. The van der Waals surface area contributed by atoms with Crippen LogP contribution in [0.4, 0.5) is 5.82 Å². The number of ether oxygens (including phenoxy) is 1. The summed E-state index contributed by atoms with van der Waals surface area (Å²) in [6.07, 6.45) is 0.906. The summed E-state index contributed by atoms with van der Waals surface area (Å²) in [6, 6.07) is 7.88. The number of aryl methyl sites for hydroxylation is 1. The largest absolute Gasteiger partial charge is 0.497 e. The highest BCUT2D eigenvalue weighted by atomic mass is 16.5. The van der Waals surface area contributed by atoms with Gasteiger partial charge in [-0.2, -0.15) is 0 Å². The Hall–Kier alpha value is -2.67. The minimum Gasteiger partial charge on any atom is -0.497 e. The molecule has 0 saturated carbocycles. The molecule has 7 nitrogen and oxygen atoms in total. The van der Waals surface area contributed by atoms with E-state index < -0.39 is 0 Å². The van der Waals surface area contributed by atoms with Gasteiger partial charge in [0.1, 0.15) is 17.4 Å². The number of hydrogen-bond acceptors (Lipinski definition) is 6. The zero-order valence-electron chi connectivity index (χ0n) is 15.9. The number of anilines is 1. The summed E-state index contributed by atoms with van der Waals surface area (Å²) in [6.45, 7) is 6.05. The molecule has 0 unspecified atom stereocenters. The van der Waals surface area contributed by atoms with Crippen molar-refractivity contribution in [2.75, 3.05) is 38.2 Å². The van der Waals surface area contributed by atoms with Gasteiger partial charge in [-0.1, -0.05) is 12.1 Å². The minimum absolute atomic E-state index is 0.128. The lowest BCUT2D eigenvalue weighted by molar-refractivity contribution is -0.131. The van der Waals surface area contributed by atoms with Crippen LogP contribution in [0, 0.1) is 6.92 Å². The first-order valence-corrected chi connectivity index (χ1v) is 9.37. The Kier molecular flexibility index (Phi) is 4.94. The Labute approximate surface area is 159 Å². The van der Waals surface area contributed by atoms with Crippen molar-refractivity contribution in [1.82, 2.24) is 20.2 Å². The van der Waals surface area contributed by atoms with Crippen LogP contribution in [0.25, 0.3) is 0 Å². The predicted octanol–water partition coefficient (Wildman–Crippen LogP) is 1.29. The third kappa shape index (κ3) is 3.73. The van der Waals surface area contributed by atoms with Gasteiger partial charge in [-0.05, 0) is 37.6 Å². The van der Waals surface area contributed by atoms with Crippen molar-refractivity contribution in [1.29, 1.82) is 0 Å². The Morgan fingerprint density at radius 1 is 1.26 bits per heavy atom. The molecule has 2 aliphatic rings. The fourth-order valence-electron chi connectivity index (χ4n) is 3.77.